The highest BCUT2D eigenvalue weighted by Crippen LogP contribution is 2.26. The Hall–Kier alpha value is -3.02. The van der Waals surface area contributed by atoms with Crippen molar-refractivity contribution in [2.45, 2.75) is 20.4 Å². The van der Waals surface area contributed by atoms with E-state index in [-0.39, 0.29) is 19.1 Å². The first kappa shape index (κ1) is 19.3. The van der Waals surface area contributed by atoms with E-state index in [0.717, 1.165) is 11.1 Å². The standard InChI is InChI=1S/C20H23NO5/c1-3-24-17-6-4-5-7-18(17)25-14-20(23)26-13-19(22)21-12-16-10-8-15(2)9-11-16/h4-11H,3,12-14H2,1-2H3,(H,21,22). The van der Waals surface area contributed by atoms with E-state index in [2.05, 4.69) is 5.32 Å². The van der Waals surface area contributed by atoms with Crippen LogP contribution in [0.2, 0.25) is 0 Å². The normalized spacial score (nSPS) is 10.1. The number of ether oxygens (including phenoxy) is 3. The topological polar surface area (TPSA) is 73.9 Å². The molecule has 0 saturated heterocycles. The Kier molecular flexibility index (Phi) is 7.49. The van der Waals surface area contributed by atoms with Gasteiger partial charge in [-0.15, -0.1) is 0 Å². The molecule has 6 heteroatoms. The Labute approximate surface area is 153 Å². The molecule has 1 amide bonds. The second kappa shape index (κ2) is 10.1. The summed E-state index contributed by atoms with van der Waals surface area (Å²) in [7, 11) is 0. The van der Waals surface area contributed by atoms with Crippen molar-refractivity contribution >= 4 is 11.9 Å². The van der Waals surface area contributed by atoms with Crippen molar-refractivity contribution in [3.8, 4) is 11.5 Å². The molecular weight excluding hydrogens is 334 g/mol. The summed E-state index contributed by atoms with van der Waals surface area (Å²) in [6.07, 6.45) is 0. The first-order valence-electron chi connectivity index (χ1n) is 8.41. The van der Waals surface area contributed by atoms with E-state index < -0.39 is 5.97 Å². The van der Waals surface area contributed by atoms with Gasteiger partial charge >= 0.3 is 5.97 Å². The number of para-hydroxylation sites is 2. The van der Waals surface area contributed by atoms with Gasteiger partial charge in [0.2, 0.25) is 0 Å². The number of rotatable bonds is 9. The highest BCUT2D eigenvalue weighted by atomic mass is 16.6. The third-order valence-corrected chi connectivity index (χ3v) is 3.47. The van der Waals surface area contributed by atoms with Crippen LogP contribution in [-0.2, 0) is 20.9 Å². The quantitative estimate of drug-likeness (QED) is 0.699. The van der Waals surface area contributed by atoms with Gasteiger partial charge in [0, 0.05) is 6.54 Å². The smallest absolute Gasteiger partial charge is 0.344 e. The third kappa shape index (κ3) is 6.47. The first-order valence-corrected chi connectivity index (χ1v) is 8.41. The summed E-state index contributed by atoms with van der Waals surface area (Å²) in [6.45, 7) is 4.09. The lowest BCUT2D eigenvalue weighted by Gasteiger charge is -2.11. The number of hydrogen-bond donors (Lipinski definition) is 1. The molecule has 1 N–H and O–H groups in total. The number of aryl methyl sites for hydroxylation is 1. The van der Waals surface area contributed by atoms with Crippen LogP contribution in [0.3, 0.4) is 0 Å². The number of hydrogen-bond acceptors (Lipinski definition) is 5. The summed E-state index contributed by atoms with van der Waals surface area (Å²) in [5.41, 5.74) is 2.13. The van der Waals surface area contributed by atoms with Gasteiger partial charge in [0.1, 0.15) is 0 Å². The predicted octanol–water partition coefficient (Wildman–Crippen LogP) is 2.63. The van der Waals surface area contributed by atoms with Crippen LogP contribution in [0.15, 0.2) is 48.5 Å². The van der Waals surface area contributed by atoms with E-state index in [9.17, 15) is 9.59 Å². The number of nitrogens with one attached hydrogen (secondary N) is 1. The van der Waals surface area contributed by atoms with E-state index >= 15 is 0 Å². The first-order chi connectivity index (χ1) is 12.6. The molecule has 0 aromatic heterocycles. The lowest BCUT2D eigenvalue weighted by Crippen LogP contribution is -2.29. The minimum absolute atomic E-state index is 0.296. The summed E-state index contributed by atoms with van der Waals surface area (Å²) >= 11 is 0. The average Bonchev–Trinajstić information content (AvgIpc) is 2.65. The van der Waals surface area contributed by atoms with Crippen LogP contribution < -0.4 is 14.8 Å². The Morgan fingerprint density at radius 3 is 2.23 bits per heavy atom. The van der Waals surface area contributed by atoms with Gasteiger partial charge in [0.15, 0.2) is 24.7 Å². The van der Waals surface area contributed by atoms with E-state index in [1.807, 2.05) is 44.2 Å². The van der Waals surface area contributed by atoms with Gasteiger partial charge < -0.3 is 19.5 Å². The van der Waals surface area contributed by atoms with Crippen LogP contribution in [0.4, 0.5) is 0 Å². The molecule has 0 aliphatic carbocycles. The molecule has 2 aromatic rings. The molecule has 0 bridgehead atoms. The Balaban J connectivity index is 1.69. The zero-order valence-corrected chi connectivity index (χ0v) is 15.0. The highest BCUT2D eigenvalue weighted by molar-refractivity contribution is 5.80. The molecule has 0 radical (unpaired) electrons. The highest BCUT2D eigenvalue weighted by Gasteiger charge is 2.10. The molecule has 2 aromatic carbocycles. The number of carbonyl (C=O) groups excluding carboxylic acids is 2. The van der Waals surface area contributed by atoms with Crippen molar-refractivity contribution in [2.75, 3.05) is 19.8 Å². The summed E-state index contributed by atoms with van der Waals surface area (Å²) in [5, 5.41) is 2.70. The third-order valence-electron chi connectivity index (χ3n) is 3.47. The molecular formula is C20H23NO5. The van der Waals surface area contributed by atoms with Crippen LogP contribution in [-0.4, -0.2) is 31.7 Å². The number of amides is 1. The fourth-order valence-electron chi connectivity index (χ4n) is 2.13. The zero-order valence-electron chi connectivity index (χ0n) is 15.0. The summed E-state index contributed by atoms with van der Waals surface area (Å²) in [5.74, 6) is 0.0178. The Bertz CT molecular complexity index is 727. The predicted molar refractivity (Wildman–Crippen MR) is 97.1 cm³/mol. The van der Waals surface area contributed by atoms with E-state index in [1.165, 1.54) is 0 Å². The largest absolute Gasteiger partial charge is 0.490 e. The van der Waals surface area contributed by atoms with Crippen LogP contribution in [0.1, 0.15) is 18.1 Å². The SMILES string of the molecule is CCOc1ccccc1OCC(=O)OCC(=O)NCc1ccc(C)cc1. The summed E-state index contributed by atoms with van der Waals surface area (Å²) < 4.78 is 15.7. The van der Waals surface area contributed by atoms with Gasteiger partial charge in [-0.25, -0.2) is 4.79 Å². The molecule has 6 nitrogen and oxygen atoms in total. The van der Waals surface area contributed by atoms with Gasteiger partial charge in [0.05, 0.1) is 6.61 Å². The molecule has 0 aliphatic rings. The van der Waals surface area contributed by atoms with Gasteiger partial charge in [-0.1, -0.05) is 42.0 Å². The van der Waals surface area contributed by atoms with Gasteiger partial charge in [-0.3, -0.25) is 4.79 Å². The van der Waals surface area contributed by atoms with Crippen molar-refractivity contribution in [3.63, 3.8) is 0 Å². The van der Waals surface area contributed by atoms with E-state index in [4.69, 9.17) is 14.2 Å². The van der Waals surface area contributed by atoms with E-state index in [0.29, 0.717) is 24.7 Å². The molecule has 0 unspecified atom stereocenters. The molecule has 0 spiro atoms. The molecule has 0 heterocycles. The van der Waals surface area contributed by atoms with Crippen molar-refractivity contribution in [3.05, 3.63) is 59.7 Å². The lowest BCUT2D eigenvalue weighted by atomic mass is 10.1. The van der Waals surface area contributed by atoms with Crippen molar-refractivity contribution in [1.29, 1.82) is 0 Å². The van der Waals surface area contributed by atoms with Gasteiger partial charge in [0.25, 0.3) is 5.91 Å². The van der Waals surface area contributed by atoms with Crippen molar-refractivity contribution in [1.82, 2.24) is 5.32 Å². The van der Waals surface area contributed by atoms with Crippen LogP contribution >= 0.6 is 0 Å². The fourth-order valence-corrected chi connectivity index (χ4v) is 2.13. The summed E-state index contributed by atoms with van der Waals surface area (Å²) in [4.78, 5) is 23.5. The van der Waals surface area contributed by atoms with Crippen LogP contribution in [0.5, 0.6) is 11.5 Å². The van der Waals surface area contributed by atoms with Crippen molar-refractivity contribution in [2.24, 2.45) is 0 Å². The molecule has 0 saturated carbocycles. The van der Waals surface area contributed by atoms with Crippen LogP contribution in [0.25, 0.3) is 0 Å². The Morgan fingerprint density at radius 2 is 1.58 bits per heavy atom. The van der Waals surface area contributed by atoms with Gasteiger partial charge in [-0.05, 0) is 31.5 Å². The number of carbonyl (C=O) groups is 2. The monoisotopic (exact) mass is 357 g/mol. The zero-order chi connectivity index (χ0) is 18.8. The Morgan fingerprint density at radius 1 is 0.923 bits per heavy atom. The van der Waals surface area contributed by atoms with Crippen molar-refractivity contribution < 1.29 is 23.8 Å². The minimum Gasteiger partial charge on any atom is -0.490 e. The maximum absolute atomic E-state index is 11.8. The van der Waals surface area contributed by atoms with E-state index in [1.54, 1.807) is 18.2 Å². The average molecular weight is 357 g/mol. The van der Waals surface area contributed by atoms with Gasteiger partial charge in [-0.2, -0.15) is 0 Å². The fraction of sp³-hybridized carbons (Fsp3) is 0.300. The lowest BCUT2D eigenvalue weighted by molar-refractivity contribution is -0.150. The molecule has 0 fully saturated rings. The molecule has 0 aliphatic heterocycles. The second-order valence-electron chi connectivity index (χ2n) is 5.59. The maximum atomic E-state index is 11.8. The van der Waals surface area contributed by atoms with Crippen LogP contribution in [0, 0.1) is 6.92 Å². The molecule has 138 valence electrons. The molecule has 2 rings (SSSR count). The minimum atomic E-state index is -0.623. The second-order valence-corrected chi connectivity index (χ2v) is 5.59. The number of esters is 1. The molecule has 26 heavy (non-hydrogen) atoms. The maximum Gasteiger partial charge on any atom is 0.344 e. The number of benzene rings is 2. The summed E-state index contributed by atoms with van der Waals surface area (Å²) in [6, 6.07) is 14.9. The molecule has 0 atom stereocenters.